The van der Waals surface area contributed by atoms with E-state index in [1.165, 1.54) is 31.5 Å². The summed E-state index contributed by atoms with van der Waals surface area (Å²) in [5.41, 5.74) is 1.32. The highest BCUT2D eigenvalue weighted by atomic mass is 15.1. The van der Waals surface area contributed by atoms with Crippen molar-refractivity contribution in [3.63, 3.8) is 0 Å². The molecule has 17 heavy (non-hydrogen) atoms. The molecule has 0 radical (unpaired) electrons. The normalized spacial score (nSPS) is 20.4. The molecule has 0 aromatic carbocycles. The van der Waals surface area contributed by atoms with Crippen LogP contribution < -0.4 is 5.32 Å². The molecule has 1 aromatic heterocycles. The maximum Gasteiger partial charge on any atom is 0.0271 e. The lowest BCUT2D eigenvalue weighted by Gasteiger charge is -2.33. The van der Waals surface area contributed by atoms with Crippen LogP contribution in [0.1, 0.15) is 25.3 Å². The number of hydrogen-bond acceptors (Lipinski definition) is 3. The lowest BCUT2D eigenvalue weighted by molar-refractivity contribution is 0.189. The van der Waals surface area contributed by atoms with E-state index in [1.807, 2.05) is 12.4 Å². The van der Waals surface area contributed by atoms with Crippen molar-refractivity contribution in [3.8, 4) is 0 Å². The highest BCUT2D eigenvalue weighted by Crippen LogP contribution is 2.19. The molecule has 1 aromatic rings. The predicted molar refractivity (Wildman–Crippen MR) is 70.8 cm³/mol. The van der Waals surface area contributed by atoms with Gasteiger partial charge in [-0.3, -0.25) is 4.98 Å². The topological polar surface area (TPSA) is 28.2 Å². The minimum atomic E-state index is 0.608. The SMILES string of the molecule is CC(NCc1ccncc1)C1CCN(C)CC1. The predicted octanol–water partition coefficient (Wildman–Crippen LogP) is 1.90. The Bertz CT molecular complexity index is 317. The Morgan fingerprint density at radius 1 is 1.35 bits per heavy atom. The fourth-order valence-electron chi connectivity index (χ4n) is 2.47. The molecule has 1 N–H and O–H groups in total. The van der Waals surface area contributed by atoms with Crippen molar-refractivity contribution < 1.29 is 0 Å². The molecule has 1 atom stereocenters. The van der Waals surface area contributed by atoms with E-state index in [4.69, 9.17) is 0 Å². The molecular weight excluding hydrogens is 210 g/mol. The smallest absolute Gasteiger partial charge is 0.0271 e. The minimum Gasteiger partial charge on any atom is -0.310 e. The van der Waals surface area contributed by atoms with E-state index >= 15 is 0 Å². The van der Waals surface area contributed by atoms with Gasteiger partial charge in [0.1, 0.15) is 0 Å². The molecule has 1 aliphatic rings. The first-order valence-electron chi connectivity index (χ1n) is 6.56. The van der Waals surface area contributed by atoms with E-state index in [2.05, 4.69) is 41.3 Å². The number of piperidine rings is 1. The molecule has 0 saturated carbocycles. The zero-order chi connectivity index (χ0) is 12.1. The van der Waals surface area contributed by atoms with E-state index < -0.39 is 0 Å². The van der Waals surface area contributed by atoms with Gasteiger partial charge in [-0.05, 0) is 63.5 Å². The molecule has 0 bridgehead atoms. The van der Waals surface area contributed by atoms with Gasteiger partial charge in [0.15, 0.2) is 0 Å². The minimum absolute atomic E-state index is 0.608. The van der Waals surface area contributed by atoms with Gasteiger partial charge in [-0.1, -0.05) is 0 Å². The van der Waals surface area contributed by atoms with Crippen molar-refractivity contribution in [2.24, 2.45) is 5.92 Å². The van der Waals surface area contributed by atoms with Gasteiger partial charge in [-0.15, -0.1) is 0 Å². The molecule has 1 aliphatic heterocycles. The van der Waals surface area contributed by atoms with Gasteiger partial charge in [0.25, 0.3) is 0 Å². The summed E-state index contributed by atoms with van der Waals surface area (Å²) < 4.78 is 0. The standard InChI is InChI=1S/C14H23N3/c1-12(14-5-9-17(2)10-6-14)16-11-13-3-7-15-8-4-13/h3-4,7-8,12,14,16H,5-6,9-11H2,1-2H3. The Hall–Kier alpha value is -0.930. The van der Waals surface area contributed by atoms with E-state index in [0.29, 0.717) is 6.04 Å². The first-order valence-corrected chi connectivity index (χ1v) is 6.56. The number of rotatable bonds is 4. The molecular formula is C14H23N3. The van der Waals surface area contributed by atoms with E-state index in [9.17, 15) is 0 Å². The van der Waals surface area contributed by atoms with Crippen LogP contribution in [-0.4, -0.2) is 36.1 Å². The molecule has 1 saturated heterocycles. The first kappa shape index (κ1) is 12.5. The summed E-state index contributed by atoms with van der Waals surface area (Å²) in [7, 11) is 2.21. The van der Waals surface area contributed by atoms with Crippen LogP contribution in [0.25, 0.3) is 0 Å². The van der Waals surface area contributed by atoms with Crippen molar-refractivity contribution in [2.45, 2.75) is 32.4 Å². The average molecular weight is 233 g/mol. The first-order chi connectivity index (χ1) is 8.25. The molecule has 2 heterocycles. The van der Waals surface area contributed by atoms with Gasteiger partial charge in [-0.25, -0.2) is 0 Å². The zero-order valence-electron chi connectivity index (χ0n) is 10.9. The third-order valence-corrected chi connectivity index (χ3v) is 3.85. The van der Waals surface area contributed by atoms with Gasteiger partial charge in [-0.2, -0.15) is 0 Å². The lowest BCUT2D eigenvalue weighted by atomic mass is 9.90. The van der Waals surface area contributed by atoms with Crippen LogP contribution in [0.3, 0.4) is 0 Å². The summed E-state index contributed by atoms with van der Waals surface area (Å²) in [6, 6.07) is 4.76. The summed E-state index contributed by atoms with van der Waals surface area (Å²) in [5.74, 6) is 0.827. The molecule has 0 amide bonds. The number of pyridine rings is 1. The van der Waals surface area contributed by atoms with Gasteiger partial charge < -0.3 is 10.2 Å². The number of hydrogen-bond donors (Lipinski definition) is 1. The van der Waals surface area contributed by atoms with Crippen LogP contribution in [0.4, 0.5) is 0 Å². The molecule has 94 valence electrons. The van der Waals surface area contributed by atoms with E-state index in [1.54, 1.807) is 0 Å². The highest BCUT2D eigenvalue weighted by Gasteiger charge is 2.21. The molecule has 1 unspecified atom stereocenters. The summed E-state index contributed by atoms with van der Waals surface area (Å²) in [6.45, 7) is 5.76. The molecule has 3 heteroatoms. The van der Waals surface area contributed by atoms with Crippen LogP contribution in [0, 0.1) is 5.92 Å². The Balaban J connectivity index is 1.75. The van der Waals surface area contributed by atoms with Crippen molar-refractivity contribution in [1.29, 1.82) is 0 Å². The highest BCUT2D eigenvalue weighted by molar-refractivity contribution is 5.09. The van der Waals surface area contributed by atoms with Gasteiger partial charge in [0.05, 0.1) is 0 Å². The van der Waals surface area contributed by atoms with E-state index in [-0.39, 0.29) is 0 Å². The van der Waals surface area contributed by atoms with Gasteiger partial charge in [0, 0.05) is 25.0 Å². The van der Waals surface area contributed by atoms with Crippen molar-refractivity contribution >= 4 is 0 Å². The Morgan fingerprint density at radius 2 is 2.00 bits per heavy atom. The second-order valence-corrected chi connectivity index (χ2v) is 5.17. The Kier molecular flexibility index (Phi) is 4.51. The number of nitrogens with one attached hydrogen (secondary N) is 1. The molecule has 1 fully saturated rings. The zero-order valence-corrected chi connectivity index (χ0v) is 10.9. The molecule has 2 rings (SSSR count). The van der Waals surface area contributed by atoms with Crippen molar-refractivity contribution in [2.75, 3.05) is 20.1 Å². The second-order valence-electron chi connectivity index (χ2n) is 5.17. The summed E-state index contributed by atoms with van der Waals surface area (Å²) in [6.07, 6.45) is 6.36. The maximum absolute atomic E-state index is 4.04. The third kappa shape index (κ3) is 3.79. The van der Waals surface area contributed by atoms with Crippen LogP contribution in [0.5, 0.6) is 0 Å². The lowest BCUT2D eigenvalue weighted by Crippen LogP contribution is -2.40. The molecule has 3 nitrogen and oxygen atoms in total. The summed E-state index contributed by atoms with van der Waals surface area (Å²) >= 11 is 0. The van der Waals surface area contributed by atoms with Crippen molar-refractivity contribution in [3.05, 3.63) is 30.1 Å². The monoisotopic (exact) mass is 233 g/mol. The molecule has 0 spiro atoms. The molecule has 0 aliphatic carbocycles. The number of likely N-dealkylation sites (tertiary alicyclic amines) is 1. The second kappa shape index (κ2) is 6.12. The van der Waals surface area contributed by atoms with Crippen molar-refractivity contribution in [1.82, 2.24) is 15.2 Å². The fourth-order valence-corrected chi connectivity index (χ4v) is 2.47. The largest absolute Gasteiger partial charge is 0.310 e. The number of nitrogens with zero attached hydrogens (tertiary/aromatic N) is 2. The quantitative estimate of drug-likeness (QED) is 0.861. The van der Waals surface area contributed by atoms with Crippen LogP contribution in [0.2, 0.25) is 0 Å². The summed E-state index contributed by atoms with van der Waals surface area (Å²) in [4.78, 5) is 6.46. The summed E-state index contributed by atoms with van der Waals surface area (Å²) in [5, 5.41) is 3.64. The average Bonchev–Trinajstić information content (AvgIpc) is 2.38. The number of aromatic nitrogens is 1. The van der Waals surface area contributed by atoms with Gasteiger partial charge >= 0.3 is 0 Å². The fraction of sp³-hybridized carbons (Fsp3) is 0.643. The van der Waals surface area contributed by atoms with Crippen LogP contribution in [-0.2, 0) is 6.54 Å². The van der Waals surface area contributed by atoms with Crippen LogP contribution >= 0.6 is 0 Å². The van der Waals surface area contributed by atoms with Gasteiger partial charge in [0.2, 0.25) is 0 Å². The van der Waals surface area contributed by atoms with E-state index in [0.717, 1.165) is 12.5 Å². The Labute approximate surface area is 104 Å². The third-order valence-electron chi connectivity index (χ3n) is 3.85. The van der Waals surface area contributed by atoms with Crippen LogP contribution in [0.15, 0.2) is 24.5 Å². The Morgan fingerprint density at radius 3 is 2.65 bits per heavy atom. The maximum atomic E-state index is 4.04.